The van der Waals surface area contributed by atoms with E-state index in [4.69, 9.17) is 19.3 Å². The summed E-state index contributed by atoms with van der Waals surface area (Å²) >= 11 is 0. The minimum absolute atomic E-state index is 0.256. The molecule has 94 valence electrons. The Hall–Kier alpha value is -1.75. The van der Waals surface area contributed by atoms with Gasteiger partial charge in [0.15, 0.2) is 11.5 Å². The predicted molar refractivity (Wildman–Crippen MR) is 61.3 cm³/mol. The van der Waals surface area contributed by atoms with Crippen LogP contribution in [0.15, 0.2) is 35.3 Å². The van der Waals surface area contributed by atoms with Gasteiger partial charge in [0, 0.05) is 19.6 Å². The lowest BCUT2D eigenvalue weighted by molar-refractivity contribution is -0.131. The van der Waals surface area contributed by atoms with E-state index in [0.29, 0.717) is 17.9 Å². The molecule has 1 atom stereocenters. The Balaban J connectivity index is 3.00. The van der Waals surface area contributed by atoms with Gasteiger partial charge in [0.2, 0.25) is 0 Å². The van der Waals surface area contributed by atoms with Crippen molar-refractivity contribution in [1.82, 2.24) is 0 Å². The molecule has 0 aromatic rings. The number of rotatable bonds is 5. The number of carboxylic acid groups (broad SMARTS) is 1. The van der Waals surface area contributed by atoms with E-state index in [1.165, 1.54) is 13.2 Å². The lowest BCUT2D eigenvalue weighted by atomic mass is 9.99. The van der Waals surface area contributed by atoms with Crippen molar-refractivity contribution in [1.29, 1.82) is 0 Å². The highest BCUT2D eigenvalue weighted by atomic mass is 16.5. The molecule has 0 bridgehead atoms. The van der Waals surface area contributed by atoms with E-state index < -0.39 is 5.97 Å². The maximum Gasteiger partial charge on any atom is 0.328 e. The van der Waals surface area contributed by atoms with Gasteiger partial charge in [0.1, 0.15) is 6.10 Å². The molecule has 0 spiro atoms. The fourth-order valence-electron chi connectivity index (χ4n) is 1.64. The summed E-state index contributed by atoms with van der Waals surface area (Å²) in [7, 11) is 4.65. The van der Waals surface area contributed by atoms with Crippen LogP contribution in [0.2, 0.25) is 0 Å². The number of carboxylic acids is 1. The van der Waals surface area contributed by atoms with E-state index in [-0.39, 0.29) is 6.10 Å². The van der Waals surface area contributed by atoms with Crippen LogP contribution >= 0.6 is 0 Å². The zero-order valence-corrected chi connectivity index (χ0v) is 10.1. The second-order valence-electron chi connectivity index (χ2n) is 3.46. The second kappa shape index (κ2) is 6.10. The number of hydrogen-bond acceptors (Lipinski definition) is 4. The maximum absolute atomic E-state index is 10.5. The minimum Gasteiger partial charge on any atom is -0.494 e. The van der Waals surface area contributed by atoms with E-state index in [1.807, 2.05) is 0 Å². The highest BCUT2D eigenvalue weighted by molar-refractivity contribution is 5.80. The zero-order valence-electron chi connectivity index (χ0n) is 10.1. The molecule has 0 fully saturated rings. The van der Waals surface area contributed by atoms with Crippen LogP contribution in [0.3, 0.4) is 0 Å². The van der Waals surface area contributed by atoms with Gasteiger partial charge < -0.3 is 19.3 Å². The van der Waals surface area contributed by atoms with Crippen molar-refractivity contribution in [2.24, 2.45) is 0 Å². The molecule has 17 heavy (non-hydrogen) atoms. The molecule has 0 radical (unpaired) electrons. The Morgan fingerprint density at radius 1 is 1.41 bits per heavy atom. The summed E-state index contributed by atoms with van der Waals surface area (Å²) in [6, 6.07) is 0. The highest BCUT2D eigenvalue weighted by Crippen LogP contribution is 2.27. The van der Waals surface area contributed by atoms with Crippen molar-refractivity contribution >= 4 is 5.97 Å². The molecular weight excluding hydrogens is 224 g/mol. The molecule has 0 heterocycles. The molecule has 1 aliphatic rings. The normalized spacial score (nSPS) is 20.4. The lowest BCUT2D eigenvalue weighted by Crippen LogP contribution is -2.21. The van der Waals surface area contributed by atoms with Crippen LogP contribution < -0.4 is 0 Å². The first-order valence-electron chi connectivity index (χ1n) is 5.08. The van der Waals surface area contributed by atoms with Gasteiger partial charge in [-0.15, -0.1) is 0 Å². The quantitative estimate of drug-likeness (QED) is 0.737. The Labute approximate surface area is 100.0 Å². The predicted octanol–water partition coefficient (Wildman–Crippen LogP) is 1.48. The largest absolute Gasteiger partial charge is 0.494 e. The number of aliphatic carboxylic acids is 1. The molecule has 0 saturated heterocycles. The smallest absolute Gasteiger partial charge is 0.328 e. The summed E-state index contributed by atoms with van der Waals surface area (Å²) in [4.78, 5) is 10.5. The molecule has 0 aliphatic heterocycles. The van der Waals surface area contributed by atoms with Gasteiger partial charge in [0.05, 0.1) is 14.2 Å². The molecular formula is C12H16O5. The van der Waals surface area contributed by atoms with Crippen molar-refractivity contribution in [3.05, 3.63) is 35.3 Å². The van der Waals surface area contributed by atoms with Gasteiger partial charge >= 0.3 is 5.97 Å². The molecule has 0 amide bonds. The highest BCUT2D eigenvalue weighted by Gasteiger charge is 2.24. The van der Waals surface area contributed by atoms with Crippen LogP contribution in [0, 0.1) is 0 Å². The van der Waals surface area contributed by atoms with E-state index in [0.717, 1.165) is 11.6 Å². The zero-order chi connectivity index (χ0) is 12.8. The van der Waals surface area contributed by atoms with Crippen LogP contribution in [0.5, 0.6) is 0 Å². The van der Waals surface area contributed by atoms with E-state index in [1.54, 1.807) is 20.3 Å². The standard InChI is InChI=1S/C12H16O5/c1-15-9-6-8(4-5-11(13)14)7-10(16-2)12(9)17-3/h4-6,10H,7H2,1-3H3,(H,13,14)/b5-4+. The first kappa shape index (κ1) is 13.3. The van der Waals surface area contributed by atoms with Gasteiger partial charge in [-0.1, -0.05) is 6.08 Å². The fourth-order valence-corrected chi connectivity index (χ4v) is 1.64. The van der Waals surface area contributed by atoms with E-state index >= 15 is 0 Å². The van der Waals surface area contributed by atoms with Crippen molar-refractivity contribution in [3.63, 3.8) is 0 Å². The molecule has 5 nitrogen and oxygen atoms in total. The van der Waals surface area contributed by atoms with Crippen molar-refractivity contribution < 1.29 is 24.1 Å². The summed E-state index contributed by atoms with van der Waals surface area (Å²) in [6.45, 7) is 0. The molecule has 0 saturated carbocycles. The Morgan fingerprint density at radius 2 is 2.12 bits per heavy atom. The molecule has 0 aromatic heterocycles. The molecule has 1 aliphatic carbocycles. The summed E-state index contributed by atoms with van der Waals surface area (Å²) < 4.78 is 15.7. The fraction of sp³-hybridized carbons (Fsp3) is 0.417. The first-order chi connectivity index (χ1) is 8.12. The minimum atomic E-state index is -0.986. The number of ether oxygens (including phenoxy) is 3. The number of allylic oxidation sites excluding steroid dienone is 2. The maximum atomic E-state index is 10.5. The summed E-state index contributed by atoms with van der Waals surface area (Å²) in [6.07, 6.45) is 4.65. The van der Waals surface area contributed by atoms with Crippen molar-refractivity contribution in [2.75, 3.05) is 21.3 Å². The average Bonchev–Trinajstić information content (AvgIpc) is 2.34. The van der Waals surface area contributed by atoms with Crippen LogP contribution in [0.4, 0.5) is 0 Å². The number of methoxy groups -OCH3 is 3. The summed E-state index contributed by atoms with van der Waals surface area (Å²) in [5, 5.41) is 8.58. The third-order valence-electron chi connectivity index (χ3n) is 2.44. The third kappa shape index (κ3) is 3.35. The van der Waals surface area contributed by atoms with Crippen LogP contribution in [-0.2, 0) is 19.0 Å². The van der Waals surface area contributed by atoms with E-state index in [2.05, 4.69) is 0 Å². The SMILES string of the molecule is COC1=C(OC)C(OC)CC(/C=C/C(=O)O)=C1. The summed E-state index contributed by atoms with van der Waals surface area (Å²) in [5.41, 5.74) is 0.817. The van der Waals surface area contributed by atoms with E-state index in [9.17, 15) is 4.79 Å². The van der Waals surface area contributed by atoms with Crippen LogP contribution in [0.25, 0.3) is 0 Å². The molecule has 5 heteroatoms. The van der Waals surface area contributed by atoms with Crippen molar-refractivity contribution in [2.45, 2.75) is 12.5 Å². The molecule has 1 N–H and O–H groups in total. The first-order valence-corrected chi connectivity index (χ1v) is 5.08. The monoisotopic (exact) mass is 240 g/mol. The van der Waals surface area contributed by atoms with Gasteiger partial charge in [-0.3, -0.25) is 0 Å². The topological polar surface area (TPSA) is 65.0 Å². The van der Waals surface area contributed by atoms with Crippen molar-refractivity contribution in [3.8, 4) is 0 Å². The second-order valence-corrected chi connectivity index (χ2v) is 3.46. The lowest BCUT2D eigenvalue weighted by Gasteiger charge is -2.24. The van der Waals surface area contributed by atoms with Crippen LogP contribution in [-0.4, -0.2) is 38.5 Å². The Bertz CT molecular complexity index is 378. The number of carbonyl (C=O) groups is 1. The Morgan fingerprint density at radius 3 is 2.59 bits per heavy atom. The molecule has 1 unspecified atom stereocenters. The molecule has 1 rings (SSSR count). The summed E-state index contributed by atoms with van der Waals surface area (Å²) in [5.74, 6) is 0.179. The van der Waals surface area contributed by atoms with Gasteiger partial charge in [0.25, 0.3) is 0 Å². The average molecular weight is 240 g/mol. The molecule has 0 aromatic carbocycles. The third-order valence-corrected chi connectivity index (χ3v) is 2.44. The number of hydrogen-bond donors (Lipinski definition) is 1. The van der Waals surface area contributed by atoms with Gasteiger partial charge in [-0.25, -0.2) is 4.79 Å². The van der Waals surface area contributed by atoms with Gasteiger partial charge in [-0.2, -0.15) is 0 Å². The van der Waals surface area contributed by atoms with Gasteiger partial charge in [-0.05, 0) is 11.6 Å². The van der Waals surface area contributed by atoms with Crippen LogP contribution in [0.1, 0.15) is 6.42 Å². The Kier molecular flexibility index (Phi) is 4.78.